The minimum Gasteiger partial charge on any atom is -0.381 e. The van der Waals surface area contributed by atoms with E-state index in [4.69, 9.17) is 9.26 Å². The van der Waals surface area contributed by atoms with Crippen LogP contribution in [-0.4, -0.2) is 36.9 Å². The van der Waals surface area contributed by atoms with Gasteiger partial charge < -0.3 is 14.2 Å². The van der Waals surface area contributed by atoms with Gasteiger partial charge in [0.05, 0.1) is 6.61 Å². The van der Waals surface area contributed by atoms with E-state index >= 15 is 0 Å². The Morgan fingerprint density at radius 2 is 2.15 bits per heavy atom. The molecule has 1 aliphatic heterocycles. The molecule has 1 aromatic carbocycles. The minimum atomic E-state index is 0.549. The van der Waals surface area contributed by atoms with Gasteiger partial charge in [-0.15, -0.1) is 0 Å². The number of rotatable bonds is 4. The van der Waals surface area contributed by atoms with E-state index in [1.807, 2.05) is 42.3 Å². The Labute approximate surface area is 118 Å². The topological polar surface area (TPSA) is 51.4 Å². The van der Waals surface area contributed by atoms with Gasteiger partial charge in [0, 0.05) is 25.8 Å². The Kier molecular flexibility index (Phi) is 3.97. The normalized spacial score (nSPS) is 18.9. The summed E-state index contributed by atoms with van der Waals surface area (Å²) in [6.07, 6.45) is 2.34. The predicted octanol–water partition coefficient (Wildman–Crippen LogP) is 2.60. The van der Waals surface area contributed by atoms with Gasteiger partial charge in [0.25, 0.3) is 11.8 Å². The standard InChI is InChI=1S/C15H19N3O2/c1-18(10-12-6-5-9-19-11-12)15-16-14(20-17-15)13-7-3-2-4-8-13/h2-4,7-8,12H,5-6,9-11H2,1H3. The van der Waals surface area contributed by atoms with Gasteiger partial charge in [-0.1, -0.05) is 18.2 Å². The fourth-order valence-corrected chi connectivity index (χ4v) is 2.49. The number of ether oxygens (including phenoxy) is 1. The molecular weight excluding hydrogens is 254 g/mol. The van der Waals surface area contributed by atoms with Crippen molar-refractivity contribution in [3.05, 3.63) is 30.3 Å². The van der Waals surface area contributed by atoms with Gasteiger partial charge in [0.2, 0.25) is 0 Å². The maximum Gasteiger partial charge on any atom is 0.266 e. The number of hydrogen-bond donors (Lipinski definition) is 0. The van der Waals surface area contributed by atoms with Crippen molar-refractivity contribution < 1.29 is 9.26 Å². The average molecular weight is 273 g/mol. The lowest BCUT2D eigenvalue weighted by atomic mass is 10.0. The van der Waals surface area contributed by atoms with Crippen LogP contribution in [0.3, 0.4) is 0 Å². The van der Waals surface area contributed by atoms with Crippen molar-refractivity contribution in [1.82, 2.24) is 10.1 Å². The molecule has 0 spiro atoms. The molecule has 5 nitrogen and oxygen atoms in total. The average Bonchev–Trinajstić information content (AvgIpc) is 2.99. The predicted molar refractivity (Wildman–Crippen MR) is 76.5 cm³/mol. The van der Waals surface area contributed by atoms with Crippen LogP contribution in [-0.2, 0) is 4.74 Å². The van der Waals surface area contributed by atoms with Crippen LogP contribution in [0.25, 0.3) is 11.5 Å². The molecule has 0 amide bonds. The van der Waals surface area contributed by atoms with Crippen molar-refractivity contribution in [2.75, 3.05) is 31.7 Å². The summed E-state index contributed by atoms with van der Waals surface area (Å²) in [6.45, 7) is 2.61. The number of nitrogens with zero attached hydrogens (tertiary/aromatic N) is 3. The van der Waals surface area contributed by atoms with E-state index < -0.39 is 0 Å². The molecule has 0 saturated carbocycles. The smallest absolute Gasteiger partial charge is 0.266 e. The van der Waals surface area contributed by atoms with Crippen molar-refractivity contribution in [3.63, 3.8) is 0 Å². The molecule has 1 aliphatic rings. The summed E-state index contributed by atoms with van der Waals surface area (Å²) in [5.74, 6) is 1.74. The van der Waals surface area contributed by atoms with Crippen LogP contribution in [0.4, 0.5) is 5.95 Å². The lowest BCUT2D eigenvalue weighted by molar-refractivity contribution is 0.0575. The molecular formula is C15H19N3O2. The van der Waals surface area contributed by atoms with Crippen molar-refractivity contribution in [1.29, 1.82) is 0 Å². The van der Waals surface area contributed by atoms with Crippen molar-refractivity contribution in [2.45, 2.75) is 12.8 Å². The molecule has 1 aromatic heterocycles. The van der Waals surface area contributed by atoms with Crippen LogP contribution in [0.2, 0.25) is 0 Å². The lowest BCUT2D eigenvalue weighted by Crippen LogP contribution is -2.31. The Morgan fingerprint density at radius 3 is 2.90 bits per heavy atom. The molecule has 0 radical (unpaired) electrons. The molecule has 5 heteroatoms. The molecule has 0 aliphatic carbocycles. The fraction of sp³-hybridized carbons (Fsp3) is 0.467. The molecule has 0 N–H and O–H groups in total. The van der Waals surface area contributed by atoms with Gasteiger partial charge >= 0.3 is 0 Å². The number of hydrogen-bond acceptors (Lipinski definition) is 5. The summed E-state index contributed by atoms with van der Waals surface area (Å²) in [5.41, 5.74) is 0.945. The van der Waals surface area contributed by atoms with Crippen LogP contribution in [0.15, 0.2) is 34.9 Å². The zero-order chi connectivity index (χ0) is 13.8. The first kappa shape index (κ1) is 13.1. The van der Waals surface area contributed by atoms with Gasteiger partial charge in [0.15, 0.2) is 0 Å². The summed E-state index contributed by atoms with van der Waals surface area (Å²) >= 11 is 0. The highest BCUT2D eigenvalue weighted by molar-refractivity contribution is 5.53. The third kappa shape index (κ3) is 2.99. The largest absolute Gasteiger partial charge is 0.381 e. The number of benzene rings is 1. The highest BCUT2D eigenvalue weighted by Gasteiger charge is 2.19. The van der Waals surface area contributed by atoms with Crippen LogP contribution >= 0.6 is 0 Å². The second kappa shape index (κ2) is 6.05. The monoisotopic (exact) mass is 273 g/mol. The zero-order valence-electron chi connectivity index (χ0n) is 11.7. The maximum atomic E-state index is 5.50. The first-order valence-corrected chi connectivity index (χ1v) is 7.01. The van der Waals surface area contributed by atoms with Gasteiger partial charge in [-0.3, -0.25) is 0 Å². The summed E-state index contributed by atoms with van der Waals surface area (Å²) in [4.78, 5) is 6.49. The van der Waals surface area contributed by atoms with Crippen LogP contribution in [0.5, 0.6) is 0 Å². The zero-order valence-corrected chi connectivity index (χ0v) is 11.7. The summed E-state index contributed by atoms with van der Waals surface area (Å²) in [5, 5.41) is 4.06. The van der Waals surface area contributed by atoms with Crippen molar-refractivity contribution >= 4 is 5.95 Å². The van der Waals surface area contributed by atoms with E-state index in [0.717, 1.165) is 31.7 Å². The SMILES string of the molecule is CN(CC1CCCOC1)c1noc(-c2ccccc2)n1. The lowest BCUT2D eigenvalue weighted by Gasteiger charge is -2.26. The first-order valence-electron chi connectivity index (χ1n) is 7.01. The summed E-state index contributed by atoms with van der Waals surface area (Å²) < 4.78 is 10.8. The molecule has 1 saturated heterocycles. The van der Waals surface area contributed by atoms with Crippen LogP contribution < -0.4 is 4.90 Å². The molecule has 2 aromatic rings. The fourth-order valence-electron chi connectivity index (χ4n) is 2.49. The minimum absolute atomic E-state index is 0.549. The molecule has 2 heterocycles. The second-order valence-electron chi connectivity index (χ2n) is 5.23. The van der Waals surface area contributed by atoms with Gasteiger partial charge in [-0.2, -0.15) is 4.98 Å². The van der Waals surface area contributed by atoms with E-state index in [2.05, 4.69) is 10.1 Å². The molecule has 3 rings (SSSR count). The molecule has 20 heavy (non-hydrogen) atoms. The second-order valence-corrected chi connectivity index (χ2v) is 5.23. The van der Waals surface area contributed by atoms with Gasteiger partial charge in [-0.05, 0) is 36.0 Å². The highest BCUT2D eigenvalue weighted by Crippen LogP contribution is 2.21. The van der Waals surface area contributed by atoms with Crippen LogP contribution in [0.1, 0.15) is 12.8 Å². The van der Waals surface area contributed by atoms with Crippen LogP contribution in [0, 0.1) is 5.92 Å². The van der Waals surface area contributed by atoms with Gasteiger partial charge in [0.1, 0.15) is 0 Å². The Morgan fingerprint density at radius 1 is 1.30 bits per heavy atom. The quantitative estimate of drug-likeness (QED) is 0.857. The van der Waals surface area contributed by atoms with Crippen molar-refractivity contribution in [3.8, 4) is 11.5 Å². The van der Waals surface area contributed by atoms with Crippen molar-refractivity contribution in [2.24, 2.45) is 5.92 Å². The number of anilines is 1. The molecule has 1 unspecified atom stereocenters. The highest BCUT2D eigenvalue weighted by atomic mass is 16.5. The third-order valence-corrected chi connectivity index (χ3v) is 3.56. The van der Waals surface area contributed by atoms with E-state index in [0.29, 0.717) is 17.8 Å². The van der Waals surface area contributed by atoms with E-state index in [1.165, 1.54) is 6.42 Å². The Balaban J connectivity index is 1.66. The van der Waals surface area contributed by atoms with E-state index in [1.54, 1.807) is 0 Å². The summed E-state index contributed by atoms with van der Waals surface area (Å²) in [7, 11) is 1.99. The third-order valence-electron chi connectivity index (χ3n) is 3.56. The van der Waals surface area contributed by atoms with Gasteiger partial charge in [-0.25, -0.2) is 0 Å². The molecule has 0 bridgehead atoms. The molecule has 106 valence electrons. The maximum absolute atomic E-state index is 5.50. The number of aromatic nitrogens is 2. The first-order chi connectivity index (χ1) is 9.83. The summed E-state index contributed by atoms with van der Waals surface area (Å²) in [6, 6.07) is 9.82. The van der Waals surface area contributed by atoms with E-state index in [9.17, 15) is 0 Å². The molecule has 1 atom stereocenters. The van der Waals surface area contributed by atoms with E-state index in [-0.39, 0.29) is 0 Å². The Bertz CT molecular complexity index is 535. The Hall–Kier alpha value is -1.88. The molecule has 1 fully saturated rings.